The van der Waals surface area contributed by atoms with Crippen LogP contribution in [-0.2, 0) is 5.54 Å². The van der Waals surface area contributed by atoms with E-state index in [4.69, 9.17) is 0 Å². The number of rotatable bonds is 7. The van der Waals surface area contributed by atoms with Crippen LogP contribution in [0.15, 0.2) is 42.7 Å². The van der Waals surface area contributed by atoms with Gasteiger partial charge in [-0.05, 0) is 18.2 Å². The van der Waals surface area contributed by atoms with Crippen molar-refractivity contribution in [1.82, 2.24) is 20.2 Å². The Morgan fingerprint density at radius 2 is 2.04 bits per heavy atom. The first-order valence-electron chi connectivity index (χ1n) is 9.36. The van der Waals surface area contributed by atoms with Gasteiger partial charge in [-0.2, -0.15) is 11.8 Å². The van der Waals surface area contributed by atoms with Crippen molar-refractivity contribution in [2.45, 2.75) is 18.1 Å². The number of nitrogens with zero attached hydrogens (tertiary/aromatic N) is 3. The van der Waals surface area contributed by atoms with Crippen molar-refractivity contribution in [3.8, 4) is 0 Å². The first-order chi connectivity index (χ1) is 13.6. The number of piperidine rings is 1. The second kappa shape index (κ2) is 9.36. The van der Waals surface area contributed by atoms with Crippen LogP contribution in [0.3, 0.4) is 0 Å². The van der Waals surface area contributed by atoms with Gasteiger partial charge in [0.15, 0.2) is 0 Å². The number of hydrogen-bond acceptors (Lipinski definition) is 7. The maximum absolute atomic E-state index is 13.0. The van der Waals surface area contributed by atoms with E-state index in [1.807, 2.05) is 30.3 Å². The molecule has 3 rings (SSSR count). The van der Waals surface area contributed by atoms with Crippen molar-refractivity contribution < 1.29 is 9.90 Å². The molecule has 1 fully saturated rings. The van der Waals surface area contributed by atoms with Gasteiger partial charge in [0.2, 0.25) is 5.95 Å². The third-order valence-corrected chi connectivity index (χ3v) is 5.79. The number of carbonyl (C=O) groups excluding carboxylic acids is 1. The summed E-state index contributed by atoms with van der Waals surface area (Å²) >= 11 is 1.79. The van der Waals surface area contributed by atoms with Gasteiger partial charge >= 0.3 is 0 Å². The third kappa shape index (κ3) is 4.45. The summed E-state index contributed by atoms with van der Waals surface area (Å²) in [6.07, 6.45) is 4.98. The zero-order valence-electron chi connectivity index (χ0n) is 16.3. The number of amides is 1. The SMILES string of the molecule is CNc1ncc(C(=O)N[C@@]2(c3ccccc3)CCN(CCSC)C[C@H]2O)cn1. The lowest BCUT2D eigenvalue weighted by Crippen LogP contribution is -2.62. The van der Waals surface area contributed by atoms with E-state index in [0.717, 1.165) is 24.4 Å². The van der Waals surface area contributed by atoms with Crippen LogP contribution in [0.2, 0.25) is 0 Å². The first kappa shape index (κ1) is 20.6. The van der Waals surface area contributed by atoms with E-state index in [1.54, 1.807) is 18.8 Å². The molecule has 7 nitrogen and oxygen atoms in total. The van der Waals surface area contributed by atoms with E-state index < -0.39 is 11.6 Å². The van der Waals surface area contributed by atoms with Crippen LogP contribution >= 0.6 is 11.8 Å². The molecule has 0 spiro atoms. The van der Waals surface area contributed by atoms with Crippen LogP contribution in [0.5, 0.6) is 0 Å². The Bertz CT molecular complexity index is 774. The molecule has 2 atom stereocenters. The molecule has 1 aliphatic heterocycles. The predicted molar refractivity (Wildman–Crippen MR) is 113 cm³/mol. The zero-order chi connectivity index (χ0) is 20.0. The number of aliphatic hydroxyl groups is 1. The third-order valence-electron chi connectivity index (χ3n) is 5.20. The summed E-state index contributed by atoms with van der Waals surface area (Å²) in [7, 11) is 1.72. The Hall–Kier alpha value is -2.16. The number of likely N-dealkylation sites (tertiary alicyclic amines) is 1. The fourth-order valence-corrected chi connectivity index (χ4v) is 4.00. The van der Waals surface area contributed by atoms with Crippen LogP contribution in [0, 0.1) is 0 Å². The van der Waals surface area contributed by atoms with Crippen LogP contribution in [0.4, 0.5) is 5.95 Å². The van der Waals surface area contributed by atoms with Crippen molar-refractivity contribution in [3.05, 3.63) is 53.9 Å². The van der Waals surface area contributed by atoms with Gasteiger partial charge < -0.3 is 15.7 Å². The summed E-state index contributed by atoms with van der Waals surface area (Å²) in [5.74, 6) is 1.19. The Morgan fingerprint density at radius 3 is 2.64 bits per heavy atom. The van der Waals surface area contributed by atoms with Gasteiger partial charge in [0.25, 0.3) is 5.91 Å². The molecule has 1 aromatic carbocycles. The van der Waals surface area contributed by atoms with Gasteiger partial charge in [0, 0.05) is 44.8 Å². The van der Waals surface area contributed by atoms with Crippen LogP contribution in [0.1, 0.15) is 22.3 Å². The maximum Gasteiger partial charge on any atom is 0.255 e. The van der Waals surface area contributed by atoms with Gasteiger partial charge in [-0.15, -0.1) is 0 Å². The standard InChI is InChI=1S/C20H27N5O2S/c1-21-19-22-12-15(13-23-19)18(27)24-20(16-6-4-3-5-7-16)8-9-25(10-11-28-2)14-17(20)26/h3-7,12-13,17,26H,8-11,14H2,1-2H3,(H,24,27)(H,21,22,23)/t17-,20-/m1/s1. The molecular weight excluding hydrogens is 374 g/mol. The van der Waals surface area contributed by atoms with Crippen molar-refractivity contribution in [2.75, 3.05) is 44.0 Å². The Kier molecular flexibility index (Phi) is 6.88. The number of carbonyl (C=O) groups is 1. The predicted octanol–water partition coefficient (Wildman–Crippen LogP) is 1.57. The van der Waals surface area contributed by atoms with Crippen molar-refractivity contribution in [3.63, 3.8) is 0 Å². The molecule has 0 unspecified atom stereocenters. The molecule has 8 heteroatoms. The molecule has 0 bridgehead atoms. The Morgan fingerprint density at radius 1 is 1.32 bits per heavy atom. The van der Waals surface area contributed by atoms with Gasteiger partial charge in [-0.3, -0.25) is 9.69 Å². The largest absolute Gasteiger partial charge is 0.389 e. The molecule has 3 N–H and O–H groups in total. The number of aromatic nitrogens is 2. The maximum atomic E-state index is 13.0. The lowest BCUT2D eigenvalue weighted by Gasteiger charge is -2.46. The molecule has 0 saturated carbocycles. The molecule has 0 radical (unpaired) electrons. The minimum absolute atomic E-state index is 0.289. The monoisotopic (exact) mass is 401 g/mol. The normalized spacial score (nSPS) is 22.6. The molecular formula is C20H27N5O2S. The number of benzene rings is 1. The number of nitrogens with one attached hydrogen (secondary N) is 2. The molecule has 2 heterocycles. The van der Waals surface area contributed by atoms with Gasteiger partial charge in [0.05, 0.1) is 17.2 Å². The highest BCUT2D eigenvalue weighted by Crippen LogP contribution is 2.34. The minimum Gasteiger partial charge on any atom is -0.389 e. The number of hydrogen-bond donors (Lipinski definition) is 3. The summed E-state index contributed by atoms with van der Waals surface area (Å²) in [4.78, 5) is 23.4. The molecule has 1 saturated heterocycles. The van der Waals surface area contributed by atoms with E-state index in [2.05, 4.69) is 31.8 Å². The summed E-state index contributed by atoms with van der Waals surface area (Å²) in [5.41, 5.74) is 0.440. The number of aliphatic hydroxyl groups excluding tert-OH is 1. The Balaban J connectivity index is 1.84. The average Bonchev–Trinajstić information content (AvgIpc) is 2.74. The fourth-order valence-electron chi connectivity index (χ4n) is 3.56. The quantitative estimate of drug-likeness (QED) is 0.649. The van der Waals surface area contributed by atoms with Crippen LogP contribution in [-0.4, -0.2) is 70.7 Å². The molecule has 28 heavy (non-hydrogen) atoms. The number of thioether (sulfide) groups is 1. The van der Waals surface area contributed by atoms with Crippen LogP contribution in [0.25, 0.3) is 0 Å². The second-order valence-electron chi connectivity index (χ2n) is 6.90. The highest BCUT2D eigenvalue weighted by Gasteiger charge is 2.44. The lowest BCUT2D eigenvalue weighted by atomic mass is 9.78. The topological polar surface area (TPSA) is 90.4 Å². The molecule has 150 valence electrons. The van der Waals surface area contributed by atoms with Crippen molar-refractivity contribution in [2.24, 2.45) is 0 Å². The van der Waals surface area contributed by atoms with Gasteiger partial charge in [-0.25, -0.2) is 9.97 Å². The highest BCUT2D eigenvalue weighted by molar-refractivity contribution is 7.98. The molecule has 2 aromatic rings. The minimum atomic E-state index is -0.837. The van der Waals surface area contributed by atoms with E-state index in [0.29, 0.717) is 24.5 Å². The fraction of sp³-hybridized carbons (Fsp3) is 0.450. The van der Waals surface area contributed by atoms with Crippen molar-refractivity contribution in [1.29, 1.82) is 0 Å². The Labute approximate surface area is 170 Å². The van der Waals surface area contributed by atoms with Crippen LogP contribution < -0.4 is 10.6 Å². The lowest BCUT2D eigenvalue weighted by molar-refractivity contribution is -0.0136. The summed E-state index contributed by atoms with van der Waals surface area (Å²) in [5, 5.41) is 17.1. The van der Waals surface area contributed by atoms with Gasteiger partial charge in [-0.1, -0.05) is 30.3 Å². The second-order valence-corrected chi connectivity index (χ2v) is 7.88. The van der Waals surface area contributed by atoms with E-state index in [-0.39, 0.29) is 5.91 Å². The summed E-state index contributed by atoms with van der Waals surface area (Å²) in [6, 6.07) is 9.72. The van der Waals surface area contributed by atoms with E-state index in [9.17, 15) is 9.90 Å². The average molecular weight is 402 g/mol. The summed E-state index contributed by atoms with van der Waals surface area (Å²) < 4.78 is 0. The van der Waals surface area contributed by atoms with E-state index >= 15 is 0 Å². The smallest absolute Gasteiger partial charge is 0.255 e. The van der Waals surface area contributed by atoms with E-state index in [1.165, 1.54) is 12.4 Å². The van der Waals surface area contributed by atoms with Crippen molar-refractivity contribution >= 4 is 23.6 Å². The highest BCUT2D eigenvalue weighted by atomic mass is 32.2. The molecule has 1 aromatic heterocycles. The summed E-state index contributed by atoms with van der Waals surface area (Å²) in [6.45, 7) is 2.25. The van der Waals surface area contributed by atoms with Gasteiger partial charge in [0.1, 0.15) is 0 Å². The first-order valence-corrected chi connectivity index (χ1v) is 10.8. The molecule has 1 aliphatic rings. The molecule has 0 aliphatic carbocycles. The number of β-amino-alcohol motifs (C(OH)–C–C–N with tert-alkyl or cyclic N) is 1. The zero-order valence-corrected chi connectivity index (χ0v) is 17.1. The number of anilines is 1. The molecule has 1 amide bonds.